The topological polar surface area (TPSA) is 34.4 Å². The molecule has 1 N–H and O–H groups in total. The van der Waals surface area contributed by atoms with E-state index in [2.05, 4.69) is 12.2 Å². The monoisotopic (exact) mass is 263 g/mol. The molecule has 0 radical (unpaired) electrons. The molecule has 19 heavy (non-hydrogen) atoms. The van der Waals surface area contributed by atoms with E-state index in [1.165, 1.54) is 6.07 Å². The summed E-state index contributed by atoms with van der Waals surface area (Å²) in [5.74, 6) is 1.18. The van der Waals surface area contributed by atoms with Gasteiger partial charge >= 0.3 is 0 Å². The van der Waals surface area contributed by atoms with Gasteiger partial charge in [-0.25, -0.2) is 4.39 Å². The Morgan fingerprint density at radius 3 is 2.89 bits per heavy atom. The van der Waals surface area contributed by atoms with Crippen molar-refractivity contribution in [3.05, 3.63) is 53.2 Å². The van der Waals surface area contributed by atoms with E-state index in [1.807, 2.05) is 6.07 Å². The zero-order valence-electron chi connectivity index (χ0n) is 11.2. The Morgan fingerprint density at radius 1 is 1.32 bits per heavy atom. The molecule has 0 spiro atoms. The number of benzene rings is 1. The Hall–Kier alpha value is -1.81. The molecule has 1 aromatic carbocycles. The number of hydrogen-bond donors (Lipinski definition) is 1. The average Bonchev–Trinajstić information content (AvgIpc) is 2.86. The number of halogens is 1. The van der Waals surface area contributed by atoms with E-state index in [9.17, 15) is 4.39 Å². The lowest BCUT2D eigenvalue weighted by Gasteiger charge is -2.05. The molecule has 0 saturated heterocycles. The van der Waals surface area contributed by atoms with Crippen molar-refractivity contribution in [1.29, 1.82) is 0 Å². The standard InChI is InChI=1S/C15H18FNO2/c1-3-17-8-12-7-14(18-9-12)10-19-13-4-5-15(16)11(2)6-13/h4-7,9,17H,3,8,10H2,1-2H3. The van der Waals surface area contributed by atoms with Crippen molar-refractivity contribution in [2.75, 3.05) is 6.54 Å². The second-order valence-electron chi connectivity index (χ2n) is 4.40. The minimum Gasteiger partial charge on any atom is -0.486 e. The maximum absolute atomic E-state index is 13.1. The van der Waals surface area contributed by atoms with Crippen LogP contribution in [0.1, 0.15) is 23.8 Å². The molecule has 0 aliphatic carbocycles. The van der Waals surface area contributed by atoms with E-state index in [-0.39, 0.29) is 5.82 Å². The number of ether oxygens (including phenoxy) is 1. The van der Waals surface area contributed by atoms with Gasteiger partial charge in [-0.05, 0) is 43.3 Å². The van der Waals surface area contributed by atoms with Crippen molar-refractivity contribution in [2.45, 2.75) is 27.0 Å². The van der Waals surface area contributed by atoms with Gasteiger partial charge in [0.15, 0.2) is 0 Å². The SMILES string of the molecule is CCNCc1coc(COc2ccc(F)c(C)c2)c1. The second kappa shape index (κ2) is 6.38. The van der Waals surface area contributed by atoms with Gasteiger partial charge in [0, 0.05) is 12.1 Å². The quantitative estimate of drug-likeness (QED) is 0.867. The predicted octanol–water partition coefficient (Wildman–Crippen LogP) is 3.42. The van der Waals surface area contributed by atoms with E-state index in [0.717, 1.165) is 24.4 Å². The van der Waals surface area contributed by atoms with Crippen molar-refractivity contribution in [3.63, 3.8) is 0 Å². The molecule has 0 unspecified atom stereocenters. The van der Waals surface area contributed by atoms with Crippen LogP contribution in [-0.2, 0) is 13.2 Å². The second-order valence-corrected chi connectivity index (χ2v) is 4.40. The third kappa shape index (κ3) is 3.83. The Kier molecular flexibility index (Phi) is 4.58. The van der Waals surface area contributed by atoms with E-state index >= 15 is 0 Å². The van der Waals surface area contributed by atoms with Crippen LogP contribution in [0.15, 0.2) is 34.9 Å². The zero-order valence-corrected chi connectivity index (χ0v) is 11.2. The van der Waals surface area contributed by atoms with Gasteiger partial charge in [-0.15, -0.1) is 0 Å². The Bertz CT molecular complexity index is 537. The first-order valence-electron chi connectivity index (χ1n) is 6.35. The van der Waals surface area contributed by atoms with Gasteiger partial charge in [0.1, 0.15) is 23.9 Å². The van der Waals surface area contributed by atoms with Crippen LogP contribution in [0.5, 0.6) is 5.75 Å². The van der Waals surface area contributed by atoms with Crippen LogP contribution in [0.2, 0.25) is 0 Å². The van der Waals surface area contributed by atoms with Crippen molar-refractivity contribution in [3.8, 4) is 5.75 Å². The lowest BCUT2D eigenvalue weighted by atomic mass is 10.2. The van der Waals surface area contributed by atoms with Crippen LogP contribution in [0.4, 0.5) is 4.39 Å². The molecule has 0 amide bonds. The fourth-order valence-corrected chi connectivity index (χ4v) is 1.73. The summed E-state index contributed by atoms with van der Waals surface area (Å²) >= 11 is 0. The third-order valence-electron chi connectivity index (χ3n) is 2.80. The molecule has 2 aromatic rings. The van der Waals surface area contributed by atoms with Gasteiger partial charge in [0.2, 0.25) is 0 Å². The van der Waals surface area contributed by atoms with E-state index in [4.69, 9.17) is 9.15 Å². The molecule has 2 rings (SSSR count). The van der Waals surface area contributed by atoms with Crippen LogP contribution >= 0.6 is 0 Å². The van der Waals surface area contributed by atoms with E-state index in [0.29, 0.717) is 17.9 Å². The highest BCUT2D eigenvalue weighted by molar-refractivity contribution is 5.29. The van der Waals surface area contributed by atoms with Crippen molar-refractivity contribution >= 4 is 0 Å². The van der Waals surface area contributed by atoms with Crippen LogP contribution in [0.3, 0.4) is 0 Å². The highest BCUT2D eigenvalue weighted by atomic mass is 19.1. The number of hydrogen-bond acceptors (Lipinski definition) is 3. The maximum atomic E-state index is 13.1. The molecule has 0 bridgehead atoms. The smallest absolute Gasteiger partial charge is 0.146 e. The van der Waals surface area contributed by atoms with Gasteiger partial charge in [-0.3, -0.25) is 0 Å². The summed E-state index contributed by atoms with van der Waals surface area (Å²) in [6.45, 7) is 5.82. The van der Waals surface area contributed by atoms with Crippen LogP contribution in [0, 0.1) is 12.7 Å². The van der Waals surface area contributed by atoms with Gasteiger partial charge < -0.3 is 14.5 Å². The first-order chi connectivity index (χ1) is 9.19. The molecule has 1 aromatic heterocycles. The zero-order chi connectivity index (χ0) is 13.7. The molecule has 0 fully saturated rings. The summed E-state index contributed by atoms with van der Waals surface area (Å²) in [5, 5.41) is 3.22. The summed E-state index contributed by atoms with van der Waals surface area (Å²) in [4.78, 5) is 0. The van der Waals surface area contributed by atoms with Gasteiger partial charge in [-0.1, -0.05) is 6.92 Å². The van der Waals surface area contributed by atoms with Gasteiger partial charge in [0.25, 0.3) is 0 Å². The molecular weight excluding hydrogens is 245 g/mol. The molecule has 0 aliphatic rings. The third-order valence-corrected chi connectivity index (χ3v) is 2.80. The Morgan fingerprint density at radius 2 is 2.16 bits per heavy atom. The van der Waals surface area contributed by atoms with Crippen molar-refractivity contribution < 1.29 is 13.5 Å². The first kappa shape index (κ1) is 13.6. The fraction of sp³-hybridized carbons (Fsp3) is 0.333. The van der Waals surface area contributed by atoms with E-state index in [1.54, 1.807) is 25.3 Å². The molecule has 0 saturated carbocycles. The van der Waals surface area contributed by atoms with Crippen LogP contribution in [-0.4, -0.2) is 6.54 Å². The Labute approximate surface area is 112 Å². The highest BCUT2D eigenvalue weighted by Crippen LogP contribution is 2.18. The molecular formula is C15H18FNO2. The van der Waals surface area contributed by atoms with Crippen LogP contribution in [0.25, 0.3) is 0 Å². The molecule has 102 valence electrons. The fourth-order valence-electron chi connectivity index (χ4n) is 1.73. The number of nitrogens with one attached hydrogen (secondary N) is 1. The van der Waals surface area contributed by atoms with Gasteiger partial charge in [-0.2, -0.15) is 0 Å². The van der Waals surface area contributed by atoms with Crippen molar-refractivity contribution in [1.82, 2.24) is 5.32 Å². The minimum absolute atomic E-state index is 0.224. The maximum Gasteiger partial charge on any atom is 0.146 e. The number of furan rings is 1. The molecule has 4 heteroatoms. The summed E-state index contributed by atoms with van der Waals surface area (Å²) in [7, 11) is 0. The number of aryl methyl sites for hydroxylation is 1. The largest absolute Gasteiger partial charge is 0.486 e. The predicted molar refractivity (Wildman–Crippen MR) is 71.6 cm³/mol. The molecule has 0 aliphatic heterocycles. The lowest BCUT2D eigenvalue weighted by Crippen LogP contribution is -2.10. The van der Waals surface area contributed by atoms with Gasteiger partial charge in [0.05, 0.1) is 6.26 Å². The highest BCUT2D eigenvalue weighted by Gasteiger charge is 2.04. The first-order valence-corrected chi connectivity index (χ1v) is 6.35. The summed E-state index contributed by atoms with van der Waals surface area (Å²) in [6, 6.07) is 6.66. The molecule has 0 atom stereocenters. The van der Waals surface area contributed by atoms with Crippen LogP contribution < -0.4 is 10.1 Å². The number of rotatable bonds is 6. The summed E-state index contributed by atoms with van der Waals surface area (Å²) in [6.07, 6.45) is 1.72. The van der Waals surface area contributed by atoms with Crippen molar-refractivity contribution in [2.24, 2.45) is 0 Å². The molecule has 3 nitrogen and oxygen atoms in total. The average molecular weight is 263 g/mol. The molecule has 1 heterocycles. The summed E-state index contributed by atoms with van der Waals surface area (Å²) in [5.41, 5.74) is 1.67. The normalized spacial score (nSPS) is 10.7. The lowest BCUT2D eigenvalue weighted by molar-refractivity contribution is 0.270. The Balaban J connectivity index is 1.91. The summed E-state index contributed by atoms with van der Waals surface area (Å²) < 4.78 is 24.1. The minimum atomic E-state index is -0.224. The van der Waals surface area contributed by atoms with E-state index < -0.39 is 0 Å².